The third-order valence-electron chi connectivity index (χ3n) is 5.86. The largest absolute Gasteiger partial charge is 0.467 e. The van der Waals surface area contributed by atoms with Crippen LogP contribution in [0.2, 0.25) is 0 Å². The van der Waals surface area contributed by atoms with E-state index >= 15 is 0 Å². The van der Waals surface area contributed by atoms with Crippen LogP contribution in [0.5, 0.6) is 6.01 Å². The Morgan fingerprint density at radius 1 is 0.972 bits per heavy atom. The average Bonchev–Trinajstić information content (AvgIpc) is 2.84. The van der Waals surface area contributed by atoms with Gasteiger partial charge in [0.15, 0.2) is 5.92 Å². The number of nitrogen functional groups attached to an aromatic ring is 1. The molecule has 0 aliphatic carbocycles. The first-order valence-corrected chi connectivity index (χ1v) is 12.1. The summed E-state index contributed by atoms with van der Waals surface area (Å²) in [5.74, 6) is -3.22. The fourth-order valence-corrected chi connectivity index (χ4v) is 3.96. The molecule has 0 fully saturated rings. The first-order valence-electron chi connectivity index (χ1n) is 12.1. The van der Waals surface area contributed by atoms with Crippen molar-refractivity contribution in [2.24, 2.45) is 5.92 Å². The summed E-state index contributed by atoms with van der Waals surface area (Å²) in [6.07, 6.45) is 5.20. The Kier molecular flexibility index (Phi) is 11.2. The molecule has 0 saturated carbocycles. The monoisotopic (exact) mass is 500 g/mol. The number of ether oxygens (including phenoxy) is 3. The van der Waals surface area contributed by atoms with E-state index in [2.05, 4.69) is 15.0 Å². The fraction of sp³-hybridized carbons (Fsp3) is 0.538. The number of nitrogens with zero attached hydrogens (tertiary/aromatic N) is 3. The molecule has 0 radical (unpaired) electrons. The highest BCUT2D eigenvalue weighted by Crippen LogP contribution is 2.31. The van der Waals surface area contributed by atoms with Crippen molar-refractivity contribution < 1.29 is 28.6 Å². The molecule has 0 aromatic carbocycles. The minimum Gasteiger partial charge on any atom is -0.467 e. The lowest BCUT2D eigenvalue weighted by Gasteiger charge is -2.24. The maximum atomic E-state index is 13.0. The molecule has 2 aromatic heterocycles. The maximum Gasteiger partial charge on any atom is 0.320 e. The van der Waals surface area contributed by atoms with Gasteiger partial charge in [-0.15, -0.1) is 0 Å². The van der Waals surface area contributed by atoms with Crippen LogP contribution >= 0.6 is 0 Å². The Bertz CT molecular complexity index is 1020. The number of rotatable bonds is 14. The van der Waals surface area contributed by atoms with Gasteiger partial charge in [-0.2, -0.15) is 0 Å². The van der Waals surface area contributed by atoms with E-state index in [1.807, 2.05) is 19.9 Å². The number of anilines is 1. The van der Waals surface area contributed by atoms with Crippen LogP contribution in [-0.2, 0) is 30.3 Å². The van der Waals surface area contributed by atoms with Gasteiger partial charge in [0.25, 0.3) is 0 Å². The number of ketones is 1. The molecule has 2 N–H and O–H groups in total. The van der Waals surface area contributed by atoms with Crippen LogP contribution in [0.3, 0.4) is 0 Å². The van der Waals surface area contributed by atoms with E-state index in [4.69, 9.17) is 19.9 Å². The molecule has 1 unspecified atom stereocenters. The number of aromatic nitrogens is 3. The minimum atomic E-state index is -1.31. The van der Waals surface area contributed by atoms with E-state index in [9.17, 15) is 14.4 Å². The molecule has 10 heteroatoms. The van der Waals surface area contributed by atoms with E-state index in [1.165, 1.54) is 19.5 Å². The second kappa shape index (κ2) is 14.1. The summed E-state index contributed by atoms with van der Waals surface area (Å²) in [5.41, 5.74) is 9.31. The van der Waals surface area contributed by atoms with Gasteiger partial charge in [0.2, 0.25) is 0 Å². The summed E-state index contributed by atoms with van der Waals surface area (Å²) < 4.78 is 15.3. The summed E-state index contributed by atoms with van der Waals surface area (Å²) >= 11 is 0. The number of aryl methyl sites for hydroxylation is 3. The van der Waals surface area contributed by atoms with Crippen molar-refractivity contribution in [1.82, 2.24) is 15.0 Å². The van der Waals surface area contributed by atoms with Crippen LogP contribution < -0.4 is 10.5 Å². The molecular weight excluding hydrogens is 464 g/mol. The van der Waals surface area contributed by atoms with Crippen molar-refractivity contribution in [1.29, 1.82) is 0 Å². The van der Waals surface area contributed by atoms with Gasteiger partial charge in [0.05, 0.1) is 20.3 Å². The third-order valence-corrected chi connectivity index (χ3v) is 5.86. The van der Waals surface area contributed by atoms with Crippen molar-refractivity contribution in [2.75, 3.05) is 26.1 Å². The van der Waals surface area contributed by atoms with Crippen molar-refractivity contribution in [3.8, 4) is 6.01 Å². The predicted molar refractivity (Wildman–Crippen MR) is 133 cm³/mol. The van der Waals surface area contributed by atoms with Gasteiger partial charge >= 0.3 is 17.9 Å². The average molecular weight is 501 g/mol. The highest BCUT2D eigenvalue weighted by Gasteiger charge is 2.39. The molecule has 0 aliphatic rings. The van der Waals surface area contributed by atoms with Crippen LogP contribution in [0.4, 0.5) is 5.82 Å². The SMILES string of the molecule is CCOC(=O)C(C(=O)OCC)C(CC(=O)CCCCc1nc(N)c(C)cc1C)c1cnc(OC)nc1. The Balaban J connectivity index is 2.15. The predicted octanol–water partition coefficient (Wildman–Crippen LogP) is 3.28. The van der Waals surface area contributed by atoms with Gasteiger partial charge in [0, 0.05) is 36.8 Å². The minimum absolute atomic E-state index is 0.0628. The van der Waals surface area contributed by atoms with Gasteiger partial charge in [0.1, 0.15) is 11.6 Å². The van der Waals surface area contributed by atoms with Crippen LogP contribution in [0.25, 0.3) is 0 Å². The number of carbonyl (C=O) groups is 3. The lowest BCUT2D eigenvalue weighted by atomic mass is 9.82. The van der Waals surface area contributed by atoms with Crippen molar-refractivity contribution >= 4 is 23.5 Å². The van der Waals surface area contributed by atoms with Gasteiger partial charge < -0.3 is 19.9 Å². The maximum absolute atomic E-state index is 13.0. The molecular formula is C26H36N4O6. The van der Waals surface area contributed by atoms with Crippen LogP contribution in [0.1, 0.15) is 67.8 Å². The molecule has 0 aliphatic heterocycles. The molecule has 2 rings (SSSR count). The highest BCUT2D eigenvalue weighted by molar-refractivity contribution is 5.97. The van der Waals surface area contributed by atoms with Crippen LogP contribution in [0.15, 0.2) is 18.5 Å². The van der Waals surface area contributed by atoms with Crippen LogP contribution in [-0.4, -0.2) is 53.0 Å². The molecule has 196 valence electrons. The second-order valence-electron chi connectivity index (χ2n) is 8.50. The fourth-order valence-electron chi connectivity index (χ4n) is 3.96. The number of carbonyl (C=O) groups excluding carboxylic acids is 3. The molecule has 2 aromatic rings. The zero-order valence-electron chi connectivity index (χ0n) is 21.7. The molecule has 0 spiro atoms. The number of pyridine rings is 1. The topological polar surface area (TPSA) is 144 Å². The van der Waals surface area contributed by atoms with Crippen molar-refractivity contribution in [3.05, 3.63) is 40.8 Å². The molecule has 10 nitrogen and oxygen atoms in total. The van der Waals surface area contributed by atoms with E-state index in [0.717, 1.165) is 23.2 Å². The number of methoxy groups -OCH3 is 1. The lowest BCUT2D eigenvalue weighted by Crippen LogP contribution is -2.34. The van der Waals surface area contributed by atoms with Crippen LogP contribution in [0, 0.1) is 19.8 Å². The van der Waals surface area contributed by atoms with E-state index in [-0.39, 0.29) is 37.8 Å². The number of hydrogen-bond donors (Lipinski definition) is 1. The van der Waals surface area contributed by atoms with Crippen molar-refractivity contribution in [2.45, 2.75) is 65.7 Å². The summed E-state index contributed by atoms with van der Waals surface area (Å²) in [7, 11) is 1.43. The Hall–Kier alpha value is -3.56. The summed E-state index contributed by atoms with van der Waals surface area (Å²) in [6.45, 7) is 7.38. The zero-order valence-corrected chi connectivity index (χ0v) is 21.7. The Labute approximate surface area is 212 Å². The molecule has 0 bridgehead atoms. The first kappa shape index (κ1) is 28.7. The van der Waals surface area contributed by atoms with E-state index in [0.29, 0.717) is 24.2 Å². The standard InChI is InChI=1S/C26H36N4O6/c1-6-35-24(32)22(25(33)36-7-2)20(18-14-28-26(34-5)29-15-18)13-19(31)10-8-9-11-21-16(3)12-17(4)23(27)30-21/h12,14-15,20,22H,6-11,13H2,1-5H3,(H2,27,30). The molecule has 0 saturated heterocycles. The normalized spacial score (nSPS) is 11.7. The van der Waals surface area contributed by atoms with Crippen molar-refractivity contribution in [3.63, 3.8) is 0 Å². The quantitative estimate of drug-likeness (QED) is 0.233. The van der Waals surface area contributed by atoms with Gasteiger partial charge in [-0.3, -0.25) is 14.4 Å². The Morgan fingerprint density at radius 2 is 1.58 bits per heavy atom. The molecule has 36 heavy (non-hydrogen) atoms. The number of hydrogen-bond acceptors (Lipinski definition) is 10. The molecule has 1 atom stereocenters. The number of esters is 2. The van der Waals surface area contributed by atoms with Gasteiger partial charge in [-0.1, -0.05) is 6.07 Å². The smallest absolute Gasteiger partial charge is 0.320 e. The summed E-state index contributed by atoms with van der Waals surface area (Å²) in [5, 5.41) is 0. The summed E-state index contributed by atoms with van der Waals surface area (Å²) in [6, 6.07) is 2.14. The van der Waals surface area contributed by atoms with E-state index < -0.39 is 23.8 Å². The molecule has 0 amide bonds. The Morgan fingerprint density at radius 3 is 2.14 bits per heavy atom. The molecule has 2 heterocycles. The second-order valence-corrected chi connectivity index (χ2v) is 8.50. The first-order chi connectivity index (χ1) is 17.2. The number of nitrogens with two attached hydrogens (primary N) is 1. The van der Waals surface area contributed by atoms with Gasteiger partial charge in [-0.25, -0.2) is 15.0 Å². The summed E-state index contributed by atoms with van der Waals surface area (Å²) in [4.78, 5) is 51.1. The lowest BCUT2D eigenvalue weighted by molar-refractivity contribution is -0.162. The third kappa shape index (κ3) is 8.00. The number of unbranched alkanes of at least 4 members (excludes halogenated alkanes) is 1. The van der Waals surface area contributed by atoms with E-state index in [1.54, 1.807) is 13.8 Å². The highest BCUT2D eigenvalue weighted by atomic mass is 16.6. The van der Waals surface area contributed by atoms with Gasteiger partial charge in [-0.05, 0) is 63.6 Å². The number of Topliss-reactive ketones (excluding diaryl/α,β-unsaturated/α-hetero) is 1. The zero-order chi connectivity index (χ0) is 26.7.